The highest BCUT2D eigenvalue weighted by atomic mass is 35.5. The zero-order valence-electron chi connectivity index (χ0n) is 9.61. The Kier molecular flexibility index (Phi) is 3.38. The molecular weight excluding hydrogens is 238 g/mol. The van der Waals surface area contributed by atoms with Gasteiger partial charge in [-0.25, -0.2) is 4.79 Å². The highest BCUT2D eigenvalue weighted by Gasteiger charge is 2.20. The van der Waals surface area contributed by atoms with Crippen molar-refractivity contribution in [2.24, 2.45) is 0 Å². The third kappa shape index (κ3) is 2.44. The lowest BCUT2D eigenvalue weighted by Crippen LogP contribution is -2.30. The Morgan fingerprint density at radius 2 is 2.24 bits per heavy atom. The van der Waals surface area contributed by atoms with Crippen molar-refractivity contribution >= 4 is 23.3 Å². The van der Waals surface area contributed by atoms with E-state index in [1.807, 2.05) is 6.07 Å². The van der Waals surface area contributed by atoms with E-state index in [4.69, 9.17) is 11.6 Å². The van der Waals surface area contributed by atoms with E-state index in [1.165, 1.54) is 5.57 Å². The summed E-state index contributed by atoms with van der Waals surface area (Å²) in [6.45, 7) is 3.65. The summed E-state index contributed by atoms with van der Waals surface area (Å²) in [5.74, 6) is -0.974. The van der Waals surface area contributed by atoms with Gasteiger partial charge in [0.25, 0.3) is 0 Å². The molecule has 0 bridgehead atoms. The van der Waals surface area contributed by atoms with E-state index in [-0.39, 0.29) is 5.56 Å². The summed E-state index contributed by atoms with van der Waals surface area (Å²) in [4.78, 5) is 13.3. The molecule has 0 aliphatic carbocycles. The number of hydrogen-bond acceptors (Lipinski definition) is 2. The van der Waals surface area contributed by atoms with Crippen LogP contribution in [0.3, 0.4) is 0 Å². The van der Waals surface area contributed by atoms with E-state index in [2.05, 4.69) is 17.9 Å². The molecule has 0 saturated carbocycles. The third-order valence-electron chi connectivity index (χ3n) is 2.88. The summed E-state index contributed by atoms with van der Waals surface area (Å²) >= 11 is 5.96. The van der Waals surface area contributed by atoms with Gasteiger partial charge in [-0.05, 0) is 25.5 Å². The minimum atomic E-state index is -0.974. The van der Waals surface area contributed by atoms with E-state index in [1.54, 1.807) is 12.1 Å². The standard InChI is InChI=1S/C13H14ClNO2/c1-9-4-3-7-15(8-9)11-6-2-5-10(14)12(11)13(16)17/h2,4-6H,3,7-8H2,1H3,(H,16,17). The van der Waals surface area contributed by atoms with E-state index >= 15 is 0 Å². The van der Waals surface area contributed by atoms with Gasteiger partial charge in [0.15, 0.2) is 0 Å². The fraction of sp³-hybridized carbons (Fsp3) is 0.308. The molecule has 0 amide bonds. The quantitative estimate of drug-likeness (QED) is 0.821. The highest BCUT2D eigenvalue weighted by Crippen LogP contribution is 2.29. The maximum absolute atomic E-state index is 11.2. The maximum Gasteiger partial charge on any atom is 0.339 e. The van der Waals surface area contributed by atoms with Crippen molar-refractivity contribution < 1.29 is 9.90 Å². The zero-order chi connectivity index (χ0) is 12.4. The van der Waals surface area contributed by atoms with Gasteiger partial charge in [-0.3, -0.25) is 0 Å². The lowest BCUT2D eigenvalue weighted by atomic mass is 10.1. The first-order chi connectivity index (χ1) is 8.09. The van der Waals surface area contributed by atoms with Gasteiger partial charge in [0.1, 0.15) is 5.56 Å². The van der Waals surface area contributed by atoms with Crippen molar-refractivity contribution in [2.75, 3.05) is 18.0 Å². The molecule has 0 aromatic heterocycles. The molecule has 90 valence electrons. The number of carboxylic acids is 1. The Morgan fingerprint density at radius 1 is 1.47 bits per heavy atom. The Labute approximate surface area is 105 Å². The van der Waals surface area contributed by atoms with Crippen molar-refractivity contribution in [3.63, 3.8) is 0 Å². The second-order valence-corrected chi connectivity index (χ2v) is 4.61. The number of carbonyl (C=O) groups is 1. The molecule has 0 spiro atoms. The first-order valence-electron chi connectivity index (χ1n) is 5.52. The Hall–Kier alpha value is -1.48. The molecule has 3 nitrogen and oxygen atoms in total. The summed E-state index contributed by atoms with van der Waals surface area (Å²) in [7, 11) is 0. The number of anilines is 1. The second kappa shape index (κ2) is 4.80. The average Bonchev–Trinajstić information content (AvgIpc) is 2.28. The van der Waals surface area contributed by atoms with Crippen LogP contribution in [-0.4, -0.2) is 24.2 Å². The first kappa shape index (κ1) is 12.0. The molecule has 0 fully saturated rings. The number of halogens is 1. The Balaban J connectivity index is 2.42. The third-order valence-corrected chi connectivity index (χ3v) is 3.19. The van der Waals surface area contributed by atoms with Crippen LogP contribution in [0.1, 0.15) is 23.7 Å². The molecular formula is C13H14ClNO2. The second-order valence-electron chi connectivity index (χ2n) is 4.20. The number of carboxylic acid groups (broad SMARTS) is 1. The van der Waals surface area contributed by atoms with Crippen LogP contribution >= 0.6 is 11.6 Å². The Bertz CT molecular complexity index is 482. The molecule has 0 atom stereocenters. The average molecular weight is 252 g/mol. The number of rotatable bonds is 2. The predicted molar refractivity (Wildman–Crippen MR) is 69.0 cm³/mol. The number of hydrogen-bond donors (Lipinski definition) is 1. The van der Waals surface area contributed by atoms with E-state index in [0.29, 0.717) is 10.7 Å². The van der Waals surface area contributed by atoms with Crippen LogP contribution in [0.4, 0.5) is 5.69 Å². The van der Waals surface area contributed by atoms with Gasteiger partial charge in [0.2, 0.25) is 0 Å². The smallest absolute Gasteiger partial charge is 0.339 e. The molecule has 0 unspecified atom stereocenters. The van der Waals surface area contributed by atoms with Crippen LogP contribution in [-0.2, 0) is 0 Å². The monoisotopic (exact) mass is 251 g/mol. The molecule has 1 aliphatic rings. The van der Waals surface area contributed by atoms with Crippen molar-refractivity contribution in [2.45, 2.75) is 13.3 Å². The lowest BCUT2D eigenvalue weighted by molar-refractivity contribution is 0.0697. The largest absolute Gasteiger partial charge is 0.478 e. The molecule has 1 heterocycles. The molecule has 1 aromatic carbocycles. The summed E-state index contributed by atoms with van der Waals surface area (Å²) in [5, 5.41) is 9.51. The topological polar surface area (TPSA) is 40.5 Å². The molecule has 4 heteroatoms. The van der Waals surface area contributed by atoms with E-state index in [9.17, 15) is 9.90 Å². The van der Waals surface area contributed by atoms with Gasteiger partial charge < -0.3 is 10.0 Å². The summed E-state index contributed by atoms with van der Waals surface area (Å²) < 4.78 is 0. The van der Waals surface area contributed by atoms with Gasteiger partial charge in [-0.1, -0.05) is 29.3 Å². The van der Waals surface area contributed by atoms with Crippen LogP contribution in [0.2, 0.25) is 5.02 Å². The van der Waals surface area contributed by atoms with Crippen LogP contribution < -0.4 is 4.90 Å². The molecule has 1 aromatic rings. The molecule has 1 aliphatic heterocycles. The van der Waals surface area contributed by atoms with E-state index in [0.717, 1.165) is 19.5 Å². The van der Waals surface area contributed by atoms with E-state index < -0.39 is 5.97 Å². The first-order valence-corrected chi connectivity index (χ1v) is 5.90. The van der Waals surface area contributed by atoms with Gasteiger partial charge in [0.05, 0.1) is 10.7 Å². The summed E-state index contributed by atoms with van der Waals surface area (Å²) in [6, 6.07) is 5.22. The maximum atomic E-state index is 11.2. The van der Waals surface area contributed by atoms with Crippen molar-refractivity contribution in [1.82, 2.24) is 0 Å². The van der Waals surface area contributed by atoms with Crippen molar-refractivity contribution in [1.29, 1.82) is 0 Å². The summed E-state index contributed by atoms with van der Waals surface area (Å²) in [6.07, 6.45) is 3.12. The number of benzene rings is 1. The van der Waals surface area contributed by atoms with Crippen LogP contribution in [0.5, 0.6) is 0 Å². The molecule has 2 rings (SSSR count). The minimum Gasteiger partial charge on any atom is -0.478 e. The van der Waals surface area contributed by atoms with Crippen LogP contribution in [0.15, 0.2) is 29.8 Å². The van der Waals surface area contributed by atoms with Gasteiger partial charge >= 0.3 is 5.97 Å². The number of nitrogens with zero attached hydrogens (tertiary/aromatic N) is 1. The molecule has 1 N–H and O–H groups in total. The highest BCUT2D eigenvalue weighted by molar-refractivity contribution is 6.34. The van der Waals surface area contributed by atoms with Gasteiger partial charge in [-0.15, -0.1) is 0 Å². The Morgan fingerprint density at radius 3 is 2.88 bits per heavy atom. The minimum absolute atomic E-state index is 0.198. The lowest BCUT2D eigenvalue weighted by Gasteiger charge is -2.29. The van der Waals surface area contributed by atoms with Crippen LogP contribution in [0.25, 0.3) is 0 Å². The molecule has 17 heavy (non-hydrogen) atoms. The normalized spacial score (nSPS) is 15.6. The van der Waals surface area contributed by atoms with Gasteiger partial charge in [0, 0.05) is 13.1 Å². The fourth-order valence-corrected chi connectivity index (χ4v) is 2.36. The van der Waals surface area contributed by atoms with Crippen molar-refractivity contribution in [3.05, 3.63) is 40.4 Å². The van der Waals surface area contributed by atoms with Crippen LogP contribution in [0, 0.1) is 0 Å². The SMILES string of the molecule is CC1=CCCN(c2cccc(Cl)c2C(=O)O)C1. The zero-order valence-corrected chi connectivity index (χ0v) is 10.4. The number of aromatic carboxylic acids is 1. The predicted octanol–water partition coefficient (Wildman–Crippen LogP) is 3.19. The van der Waals surface area contributed by atoms with Crippen molar-refractivity contribution in [3.8, 4) is 0 Å². The summed E-state index contributed by atoms with van der Waals surface area (Å²) in [5.41, 5.74) is 2.16. The van der Waals surface area contributed by atoms with Gasteiger partial charge in [-0.2, -0.15) is 0 Å². The fourth-order valence-electron chi connectivity index (χ4n) is 2.11. The molecule has 0 radical (unpaired) electrons. The molecule has 0 saturated heterocycles.